The summed E-state index contributed by atoms with van der Waals surface area (Å²) in [6.45, 7) is 13.1. The van der Waals surface area contributed by atoms with E-state index >= 15 is 0 Å². The molecule has 5 aliphatic rings. The maximum atomic E-state index is 12.4. The molecule has 39 heavy (non-hydrogen) atoms. The van der Waals surface area contributed by atoms with Gasteiger partial charge >= 0.3 is 0 Å². The highest BCUT2D eigenvalue weighted by atomic mass is 19.3. The summed E-state index contributed by atoms with van der Waals surface area (Å²) in [7, 11) is 0. The summed E-state index contributed by atoms with van der Waals surface area (Å²) in [5.41, 5.74) is 5.72. The Morgan fingerprint density at radius 1 is 0.487 bits per heavy atom. The van der Waals surface area contributed by atoms with E-state index in [9.17, 15) is 17.6 Å². The van der Waals surface area contributed by atoms with Crippen molar-refractivity contribution in [1.29, 1.82) is 0 Å². The van der Waals surface area contributed by atoms with Crippen LogP contribution in [0, 0.1) is 29.6 Å². The molecule has 0 bridgehead atoms. The molecular weight excluding hydrogens is 498 g/mol. The van der Waals surface area contributed by atoms with Crippen molar-refractivity contribution < 1.29 is 17.6 Å². The van der Waals surface area contributed by atoms with Crippen LogP contribution in [-0.4, -0.2) is 17.4 Å². The van der Waals surface area contributed by atoms with Gasteiger partial charge in [-0.15, -0.1) is 0 Å². The third-order valence-corrected chi connectivity index (χ3v) is 9.04. The van der Waals surface area contributed by atoms with Crippen molar-refractivity contribution in [3.8, 4) is 0 Å². The average Bonchev–Trinajstić information content (AvgIpc) is 3.49. The second-order valence-electron chi connectivity index (χ2n) is 14.4. The van der Waals surface area contributed by atoms with Gasteiger partial charge in [-0.05, 0) is 75.0 Å². The minimum absolute atomic E-state index is 0. The molecule has 0 saturated heterocycles. The number of nitrogens with two attached hydrogens (primary N) is 1. The van der Waals surface area contributed by atoms with Gasteiger partial charge in [0.15, 0.2) is 0 Å². The second kappa shape index (κ2) is 19.0. The SMILES string of the molecule is C.CC1(N)CC1.CC1CCC(F)(F)C1.CC1CCC(F)(F)CC1.CC1CCCC(C)C1.CC1CCCCCC1. The summed E-state index contributed by atoms with van der Waals surface area (Å²) >= 11 is 0. The highest BCUT2D eigenvalue weighted by Gasteiger charge is 2.37. The summed E-state index contributed by atoms with van der Waals surface area (Å²) in [6.07, 6.45) is 19.8. The molecule has 0 amide bonds. The van der Waals surface area contributed by atoms with Crippen molar-refractivity contribution in [2.45, 2.75) is 188 Å². The van der Waals surface area contributed by atoms with Gasteiger partial charge < -0.3 is 5.73 Å². The van der Waals surface area contributed by atoms with Gasteiger partial charge in [-0.1, -0.05) is 99.8 Å². The quantitative estimate of drug-likeness (QED) is 0.229. The fourth-order valence-corrected chi connectivity index (χ4v) is 5.77. The lowest BCUT2D eigenvalue weighted by molar-refractivity contribution is -0.0438. The molecule has 0 heterocycles. The molecule has 5 aliphatic carbocycles. The van der Waals surface area contributed by atoms with E-state index < -0.39 is 11.8 Å². The van der Waals surface area contributed by atoms with Gasteiger partial charge in [-0.2, -0.15) is 0 Å². The van der Waals surface area contributed by atoms with E-state index in [4.69, 9.17) is 5.73 Å². The molecule has 3 unspecified atom stereocenters. The fraction of sp³-hybridized carbons (Fsp3) is 1.00. The molecule has 5 saturated carbocycles. The van der Waals surface area contributed by atoms with Crippen molar-refractivity contribution in [1.82, 2.24) is 0 Å². The zero-order valence-electron chi connectivity index (χ0n) is 25.9. The largest absolute Gasteiger partial charge is 0.325 e. The number of hydrogen-bond acceptors (Lipinski definition) is 1. The van der Waals surface area contributed by atoms with Crippen molar-refractivity contribution in [2.75, 3.05) is 0 Å². The van der Waals surface area contributed by atoms with Gasteiger partial charge in [-0.3, -0.25) is 0 Å². The minimum Gasteiger partial charge on any atom is -0.325 e. The number of rotatable bonds is 0. The minimum atomic E-state index is -2.34. The van der Waals surface area contributed by atoms with E-state index in [2.05, 4.69) is 27.7 Å². The molecule has 0 spiro atoms. The predicted octanol–water partition coefficient (Wildman–Crippen LogP) is 12.2. The molecule has 0 aromatic rings. The highest BCUT2D eigenvalue weighted by Crippen LogP contribution is 2.38. The molecule has 0 aliphatic heterocycles. The van der Waals surface area contributed by atoms with Crippen molar-refractivity contribution in [3.63, 3.8) is 0 Å². The molecule has 2 N–H and O–H groups in total. The highest BCUT2D eigenvalue weighted by molar-refractivity contribution is 4.93. The Labute approximate surface area is 241 Å². The smallest absolute Gasteiger partial charge is 0.248 e. The lowest BCUT2D eigenvalue weighted by Gasteiger charge is -2.25. The normalized spacial score (nSPS) is 31.0. The van der Waals surface area contributed by atoms with Crippen LogP contribution < -0.4 is 5.73 Å². The van der Waals surface area contributed by atoms with Crippen molar-refractivity contribution in [2.24, 2.45) is 35.3 Å². The first-order valence-electron chi connectivity index (χ1n) is 16.1. The summed E-state index contributed by atoms with van der Waals surface area (Å²) in [6, 6.07) is 0. The first-order valence-corrected chi connectivity index (χ1v) is 16.1. The van der Waals surface area contributed by atoms with Crippen LogP contribution in [0.2, 0.25) is 0 Å². The lowest BCUT2D eigenvalue weighted by atomic mass is 9.84. The average molecular weight is 566 g/mol. The van der Waals surface area contributed by atoms with Gasteiger partial charge in [0, 0.05) is 31.2 Å². The fourth-order valence-electron chi connectivity index (χ4n) is 5.77. The van der Waals surface area contributed by atoms with Gasteiger partial charge in [0.2, 0.25) is 11.8 Å². The molecular formula is C34H67F4N. The second-order valence-corrected chi connectivity index (χ2v) is 14.4. The van der Waals surface area contributed by atoms with E-state index in [0.717, 1.165) is 17.8 Å². The van der Waals surface area contributed by atoms with E-state index in [1.54, 1.807) is 0 Å². The van der Waals surface area contributed by atoms with E-state index in [1.165, 1.54) is 77.0 Å². The zero-order chi connectivity index (χ0) is 28.8. The van der Waals surface area contributed by atoms with Crippen LogP contribution in [0.1, 0.15) is 171 Å². The van der Waals surface area contributed by atoms with Crippen LogP contribution in [-0.2, 0) is 0 Å². The Morgan fingerprint density at radius 2 is 0.846 bits per heavy atom. The molecule has 1 nitrogen and oxygen atoms in total. The van der Waals surface area contributed by atoms with Gasteiger partial charge in [0.05, 0.1) is 0 Å². The third-order valence-electron chi connectivity index (χ3n) is 9.04. The molecule has 0 radical (unpaired) electrons. The molecule has 236 valence electrons. The Morgan fingerprint density at radius 3 is 1.10 bits per heavy atom. The molecule has 3 atom stereocenters. The van der Waals surface area contributed by atoms with E-state index in [1.807, 2.05) is 13.8 Å². The Bertz CT molecular complexity index is 571. The number of hydrogen-bond donors (Lipinski definition) is 1. The standard InChI is InChI=1S/2C8H16.C7H12F2.C6H10F2.C4H9N.CH4/c1-7-4-3-5-8(2)6-7;1-8-6-4-2-3-5-7-8;1-6-2-4-7(8,9)5-3-6;1-5-2-3-6(7,8)4-5;1-4(5)2-3-4;/h7-8H,3-6H2,1-2H3;8H,2-7H2,1H3;6H,2-5H2,1H3;5H,2-4H2,1H3;2-3,5H2,1H3;1H4. The van der Waals surface area contributed by atoms with Crippen LogP contribution in [0.4, 0.5) is 17.6 Å². The van der Waals surface area contributed by atoms with Crippen LogP contribution in [0.5, 0.6) is 0 Å². The number of halogens is 4. The first kappa shape index (κ1) is 38.7. The molecule has 5 rings (SSSR count). The van der Waals surface area contributed by atoms with E-state index in [0.29, 0.717) is 25.2 Å². The maximum absolute atomic E-state index is 12.4. The molecule has 5 fully saturated rings. The Balaban J connectivity index is 0.000000464. The van der Waals surface area contributed by atoms with Crippen molar-refractivity contribution in [3.05, 3.63) is 0 Å². The molecule has 0 aromatic carbocycles. The van der Waals surface area contributed by atoms with Gasteiger partial charge in [0.1, 0.15) is 0 Å². The molecule has 5 heteroatoms. The first-order chi connectivity index (χ1) is 17.6. The topological polar surface area (TPSA) is 26.0 Å². The van der Waals surface area contributed by atoms with Crippen LogP contribution in [0.3, 0.4) is 0 Å². The summed E-state index contributed by atoms with van der Waals surface area (Å²) in [5.74, 6) is -0.865. The summed E-state index contributed by atoms with van der Waals surface area (Å²) in [4.78, 5) is 0. The zero-order valence-corrected chi connectivity index (χ0v) is 25.9. The predicted molar refractivity (Wildman–Crippen MR) is 163 cm³/mol. The molecule has 0 aromatic heterocycles. The van der Waals surface area contributed by atoms with Gasteiger partial charge in [-0.25, -0.2) is 17.6 Å². The van der Waals surface area contributed by atoms with E-state index in [-0.39, 0.29) is 44.6 Å². The van der Waals surface area contributed by atoms with Crippen LogP contribution in [0.25, 0.3) is 0 Å². The Hall–Kier alpha value is -0.320. The van der Waals surface area contributed by atoms with Crippen LogP contribution >= 0.6 is 0 Å². The Kier molecular flexibility index (Phi) is 18.8. The van der Waals surface area contributed by atoms with Gasteiger partial charge in [0.25, 0.3) is 0 Å². The third kappa shape index (κ3) is 22.0. The summed E-state index contributed by atoms with van der Waals surface area (Å²) in [5, 5.41) is 0. The maximum Gasteiger partial charge on any atom is 0.248 e. The van der Waals surface area contributed by atoms with Crippen molar-refractivity contribution >= 4 is 0 Å². The monoisotopic (exact) mass is 566 g/mol. The number of alkyl halides is 4. The lowest BCUT2D eigenvalue weighted by Crippen LogP contribution is -2.23. The summed E-state index contributed by atoms with van der Waals surface area (Å²) < 4.78 is 49.1. The van der Waals surface area contributed by atoms with Crippen LogP contribution in [0.15, 0.2) is 0 Å².